The molecule has 1 aromatic heterocycles. The van der Waals surface area contributed by atoms with Crippen molar-refractivity contribution in [1.29, 1.82) is 0 Å². The number of anilines is 1. The van der Waals surface area contributed by atoms with Gasteiger partial charge in [-0.05, 0) is 36.0 Å². The lowest BCUT2D eigenvalue weighted by molar-refractivity contribution is 0.373. The van der Waals surface area contributed by atoms with Crippen LogP contribution in [0.2, 0.25) is 0 Å². The maximum atomic E-state index is 11.4. The molecule has 1 aromatic carbocycles. The van der Waals surface area contributed by atoms with Gasteiger partial charge in [-0.15, -0.1) is 0 Å². The van der Waals surface area contributed by atoms with Crippen molar-refractivity contribution in [3.05, 3.63) is 24.3 Å². The highest BCUT2D eigenvalue weighted by molar-refractivity contribution is 7.99. The standard InChI is InChI=1S/C11H13N5O3S2/c1-19-10-13-9(16-12)14-11(15-10)20-7-3-5-8(6-4-7)21(2,17)18/h3-6H,12H2,1-2H3,(H,13,14,15,16). The normalized spacial score (nSPS) is 11.2. The Morgan fingerprint density at radius 3 is 2.38 bits per heavy atom. The number of aromatic nitrogens is 3. The first kappa shape index (κ1) is 15.5. The molecule has 0 fully saturated rings. The largest absolute Gasteiger partial charge is 0.467 e. The second kappa shape index (κ2) is 6.24. The summed E-state index contributed by atoms with van der Waals surface area (Å²) in [5.74, 6) is 5.45. The minimum Gasteiger partial charge on any atom is -0.467 e. The maximum absolute atomic E-state index is 11.4. The van der Waals surface area contributed by atoms with Gasteiger partial charge in [0, 0.05) is 11.2 Å². The van der Waals surface area contributed by atoms with Gasteiger partial charge in [-0.25, -0.2) is 14.3 Å². The van der Waals surface area contributed by atoms with Gasteiger partial charge < -0.3 is 4.74 Å². The summed E-state index contributed by atoms with van der Waals surface area (Å²) in [4.78, 5) is 13.1. The number of sulfone groups is 1. The van der Waals surface area contributed by atoms with Crippen molar-refractivity contribution >= 4 is 27.5 Å². The Morgan fingerprint density at radius 1 is 1.19 bits per heavy atom. The first-order chi connectivity index (χ1) is 9.92. The molecule has 2 rings (SSSR count). The zero-order valence-electron chi connectivity index (χ0n) is 11.3. The molecule has 0 atom stereocenters. The van der Waals surface area contributed by atoms with E-state index in [-0.39, 0.29) is 16.9 Å². The van der Waals surface area contributed by atoms with Crippen LogP contribution in [-0.4, -0.2) is 36.7 Å². The number of methoxy groups -OCH3 is 1. The molecule has 0 spiro atoms. The molecule has 0 bridgehead atoms. The van der Waals surface area contributed by atoms with Crippen LogP contribution in [0.5, 0.6) is 6.01 Å². The minimum absolute atomic E-state index is 0.133. The van der Waals surface area contributed by atoms with Crippen LogP contribution in [0.1, 0.15) is 0 Å². The number of nitrogens with two attached hydrogens (primary N) is 1. The zero-order chi connectivity index (χ0) is 15.5. The third-order valence-corrected chi connectivity index (χ3v) is 4.37. The highest BCUT2D eigenvalue weighted by Gasteiger charge is 2.10. The number of nitrogens with zero attached hydrogens (tertiary/aromatic N) is 3. The summed E-state index contributed by atoms with van der Waals surface area (Å²) in [5.41, 5.74) is 2.32. The summed E-state index contributed by atoms with van der Waals surface area (Å²) < 4.78 is 27.7. The summed E-state index contributed by atoms with van der Waals surface area (Å²) >= 11 is 1.23. The van der Waals surface area contributed by atoms with Crippen LogP contribution in [0.25, 0.3) is 0 Å². The smallest absolute Gasteiger partial charge is 0.322 e. The van der Waals surface area contributed by atoms with E-state index in [9.17, 15) is 8.42 Å². The average molecular weight is 327 g/mol. The maximum Gasteiger partial charge on any atom is 0.322 e. The number of nitrogen functional groups attached to an aromatic ring is 1. The number of benzene rings is 1. The lowest BCUT2D eigenvalue weighted by atomic mass is 10.4. The number of ether oxygens (including phenoxy) is 1. The van der Waals surface area contributed by atoms with Gasteiger partial charge in [0.15, 0.2) is 9.84 Å². The molecule has 3 N–H and O–H groups in total. The molecule has 0 saturated heterocycles. The summed E-state index contributed by atoms with van der Waals surface area (Å²) in [5, 5.41) is 0.377. The Kier molecular flexibility index (Phi) is 4.60. The van der Waals surface area contributed by atoms with Gasteiger partial charge in [0.1, 0.15) is 0 Å². The van der Waals surface area contributed by atoms with Crippen molar-refractivity contribution in [3.8, 4) is 6.01 Å². The molecule has 0 unspecified atom stereocenters. The molecule has 8 nitrogen and oxygen atoms in total. The monoisotopic (exact) mass is 327 g/mol. The molecule has 0 saturated carbocycles. The van der Waals surface area contributed by atoms with Crippen LogP contribution < -0.4 is 16.0 Å². The molecular weight excluding hydrogens is 314 g/mol. The van der Waals surface area contributed by atoms with Crippen LogP contribution >= 0.6 is 11.8 Å². The molecule has 112 valence electrons. The van der Waals surface area contributed by atoms with Crippen LogP contribution in [0.3, 0.4) is 0 Å². The predicted molar refractivity (Wildman–Crippen MR) is 77.9 cm³/mol. The second-order valence-electron chi connectivity index (χ2n) is 3.92. The molecule has 0 aliphatic carbocycles. The van der Waals surface area contributed by atoms with Crippen LogP contribution in [0.15, 0.2) is 39.2 Å². The van der Waals surface area contributed by atoms with E-state index in [1.807, 2.05) is 0 Å². The number of rotatable bonds is 5. The third-order valence-electron chi connectivity index (χ3n) is 2.37. The molecule has 0 radical (unpaired) electrons. The Balaban J connectivity index is 2.25. The van der Waals surface area contributed by atoms with Crippen molar-refractivity contribution in [3.63, 3.8) is 0 Å². The van der Waals surface area contributed by atoms with Gasteiger partial charge in [-0.2, -0.15) is 15.0 Å². The van der Waals surface area contributed by atoms with Crippen molar-refractivity contribution in [1.82, 2.24) is 15.0 Å². The molecule has 2 aromatic rings. The van der Waals surface area contributed by atoms with E-state index >= 15 is 0 Å². The quantitative estimate of drug-likeness (QED) is 0.604. The van der Waals surface area contributed by atoms with Crippen molar-refractivity contribution < 1.29 is 13.2 Å². The third kappa shape index (κ3) is 4.03. The SMILES string of the molecule is COc1nc(NN)nc(Sc2ccc(S(C)(=O)=O)cc2)n1. The fourth-order valence-corrected chi connectivity index (χ4v) is 2.77. The van der Waals surface area contributed by atoms with E-state index in [4.69, 9.17) is 10.6 Å². The molecule has 0 aliphatic rings. The van der Waals surface area contributed by atoms with E-state index in [1.54, 1.807) is 12.1 Å². The van der Waals surface area contributed by atoms with Crippen LogP contribution in [0.4, 0.5) is 5.95 Å². The van der Waals surface area contributed by atoms with Crippen molar-refractivity contribution in [2.45, 2.75) is 14.9 Å². The van der Waals surface area contributed by atoms with E-state index in [1.165, 1.54) is 31.0 Å². The highest BCUT2D eigenvalue weighted by Crippen LogP contribution is 2.27. The van der Waals surface area contributed by atoms with Crippen LogP contribution in [0, 0.1) is 0 Å². The number of hydrazine groups is 1. The first-order valence-electron chi connectivity index (χ1n) is 5.67. The summed E-state index contributed by atoms with van der Waals surface area (Å²) in [6.45, 7) is 0. The lowest BCUT2D eigenvalue weighted by Crippen LogP contribution is -2.12. The number of nitrogens with one attached hydrogen (secondary N) is 1. The summed E-state index contributed by atoms with van der Waals surface area (Å²) in [7, 11) is -1.78. The molecule has 0 amide bonds. The fraction of sp³-hybridized carbons (Fsp3) is 0.182. The zero-order valence-corrected chi connectivity index (χ0v) is 12.9. The van der Waals surface area contributed by atoms with Gasteiger partial charge in [0.25, 0.3) is 0 Å². The number of hydrogen-bond acceptors (Lipinski definition) is 9. The van der Waals surface area contributed by atoms with Gasteiger partial charge in [-0.1, -0.05) is 0 Å². The Hall–Kier alpha value is -1.91. The van der Waals surface area contributed by atoms with Crippen molar-refractivity contribution in [2.75, 3.05) is 18.8 Å². The Bertz CT molecular complexity index is 712. The van der Waals surface area contributed by atoms with Gasteiger partial charge >= 0.3 is 6.01 Å². The van der Waals surface area contributed by atoms with Gasteiger partial charge in [0.2, 0.25) is 11.1 Å². The predicted octanol–water partition coefficient (Wildman–Crippen LogP) is 0.720. The van der Waals surface area contributed by atoms with E-state index in [0.717, 1.165) is 11.2 Å². The lowest BCUT2D eigenvalue weighted by Gasteiger charge is -2.05. The van der Waals surface area contributed by atoms with E-state index < -0.39 is 9.84 Å². The fourth-order valence-electron chi connectivity index (χ4n) is 1.40. The van der Waals surface area contributed by atoms with Gasteiger partial charge in [-0.3, -0.25) is 5.43 Å². The van der Waals surface area contributed by atoms with E-state index in [0.29, 0.717) is 5.16 Å². The van der Waals surface area contributed by atoms with E-state index in [2.05, 4.69) is 20.4 Å². The molecular formula is C11H13N5O3S2. The highest BCUT2D eigenvalue weighted by atomic mass is 32.2. The molecule has 10 heteroatoms. The Labute approximate surface area is 126 Å². The topological polar surface area (TPSA) is 120 Å². The Morgan fingerprint density at radius 2 is 1.86 bits per heavy atom. The summed E-state index contributed by atoms with van der Waals surface area (Å²) in [6.07, 6.45) is 1.16. The summed E-state index contributed by atoms with van der Waals surface area (Å²) in [6, 6.07) is 6.53. The molecule has 21 heavy (non-hydrogen) atoms. The molecule has 1 heterocycles. The average Bonchev–Trinajstić information content (AvgIpc) is 2.46. The van der Waals surface area contributed by atoms with Gasteiger partial charge in [0.05, 0.1) is 12.0 Å². The van der Waals surface area contributed by atoms with Crippen molar-refractivity contribution in [2.24, 2.45) is 5.84 Å². The minimum atomic E-state index is -3.21. The first-order valence-corrected chi connectivity index (χ1v) is 8.38. The second-order valence-corrected chi connectivity index (χ2v) is 6.97. The molecule has 0 aliphatic heterocycles. The number of hydrogen-bond donors (Lipinski definition) is 2. The van der Waals surface area contributed by atoms with Crippen LogP contribution in [-0.2, 0) is 9.84 Å².